The monoisotopic (exact) mass is 191 g/mol. The Hall–Kier alpha value is -1.22. The normalized spacial score (nSPS) is 14.7. The van der Waals surface area contributed by atoms with E-state index in [2.05, 4.69) is 11.9 Å². The summed E-state index contributed by atoms with van der Waals surface area (Å²) in [5, 5.41) is 3.08. The van der Waals surface area contributed by atoms with Gasteiger partial charge < -0.3 is 14.8 Å². The minimum atomic E-state index is 0.752. The van der Waals surface area contributed by atoms with Crippen molar-refractivity contribution in [2.45, 2.75) is 6.42 Å². The van der Waals surface area contributed by atoms with Crippen LogP contribution in [0.1, 0.15) is 11.1 Å². The lowest BCUT2D eigenvalue weighted by atomic mass is 10.0. The van der Waals surface area contributed by atoms with E-state index in [1.54, 1.807) is 14.2 Å². The lowest BCUT2D eigenvalue weighted by Crippen LogP contribution is -2.21. The number of nitrogens with one attached hydrogen (secondary N) is 1. The molecule has 14 heavy (non-hydrogen) atoms. The summed E-state index contributed by atoms with van der Waals surface area (Å²) in [6, 6.07) is 3.96. The predicted octanol–water partition coefficient (Wildman–Crippen LogP) is 1.24. The summed E-state index contributed by atoms with van der Waals surface area (Å²) in [5.41, 5.74) is 2.32. The molecule has 0 aromatic heterocycles. The van der Waals surface area contributed by atoms with Crippen LogP contribution >= 0.6 is 0 Å². The fraction of sp³-hybridized carbons (Fsp3) is 0.364. The number of benzene rings is 1. The van der Waals surface area contributed by atoms with Crippen molar-refractivity contribution in [1.82, 2.24) is 5.32 Å². The Labute approximate surface area is 84.0 Å². The molecule has 3 nitrogen and oxygen atoms in total. The van der Waals surface area contributed by atoms with Gasteiger partial charge in [0.2, 0.25) is 0 Å². The van der Waals surface area contributed by atoms with Crippen LogP contribution in [0.2, 0.25) is 0 Å². The quantitative estimate of drug-likeness (QED) is 0.762. The van der Waals surface area contributed by atoms with Gasteiger partial charge in [-0.2, -0.15) is 0 Å². The molecule has 1 aliphatic rings. The van der Waals surface area contributed by atoms with Crippen LogP contribution in [0, 0.1) is 6.54 Å². The zero-order chi connectivity index (χ0) is 9.97. The molecule has 74 valence electrons. The van der Waals surface area contributed by atoms with Crippen LogP contribution < -0.4 is 14.8 Å². The third-order valence-corrected chi connectivity index (χ3v) is 2.35. The lowest BCUT2D eigenvalue weighted by Gasteiger charge is -2.18. The Kier molecular flexibility index (Phi) is 2.59. The first-order chi connectivity index (χ1) is 6.85. The topological polar surface area (TPSA) is 30.5 Å². The fourth-order valence-corrected chi connectivity index (χ4v) is 1.60. The number of methoxy groups -OCH3 is 2. The molecule has 0 atom stereocenters. The van der Waals surface area contributed by atoms with Crippen LogP contribution in [0.5, 0.6) is 11.5 Å². The fourth-order valence-electron chi connectivity index (χ4n) is 1.60. The van der Waals surface area contributed by atoms with Crippen molar-refractivity contribution in [3.8, 4) is 11.5 Å². The van der Waals surface area contributed by atoms with Gasteiger partial charge in [-0.1, -0.05) is 0 Å². The van der Waals surface area contributed by atoms with Gasteiger partial charge in [0.05, 0.1) is 20.8 Å². The van der Waals surface area contributed by atoms with Crippen molar-refractivity contribution in [1.29, 1.82) is 0 Å². The van der Waals surface area contributed by atoms with E-state index in [4.69, 9.17) is 9.47 Å². The van der Waals surface area contributed by atoms with Crippen LogP contribution in [-0.2, 0) is 6.42 Å². The molecule has 0 amide bonds. The third kappa shape index (κ3) is 1.55. The largest absolute Gasteiger partial charge is 0.493 e. The van der Waals surface area contributed by atoms with Crippen molar-refractivity contribution < 1.29 is 9.47 Å². The summed E-state index contributed by atoms with van der Waals surface area (Å²) in [6.45, 7) is 4.04. The van der Waals surface area contributed by atoms with Crippen LogP contribution in [0.25, 0.3) is 0 Å². The number of hydrogen-bond acceptors (Lipinski definition) is 3. The van der Waals surface area contributed by atoms with Crippen LogP contribution in [-0.4, -0.2) is 20.8 Å². The van der Waals surface area contributed by atoms with Gasteiger partial charge in [-0.25, -0.2) is 0 Å². The zero-order valence-electron chi connectivity index (χ0n) is 8.39. The molecule has 1 aromatic carbocycles. The minimum absolute atomic E-state index is 0.752. The second-order valence-electron chi connectivity index (χ2n) is 3.17. The second-order valence-corrected chi connectivity index (χ2v) is 3.17. The summed E-state index contributed by atoms with van der Waals surface area (Å²) in [5.74, 6) is 1.54. The molecule has 1 aliphatic heterocycles. The van der Waals surface area contributed by atoms with E-state index in [1.807, 2.05) is 12.1 Å². The molecule has 1 aromatic rings. The highest BCUT2D eigenvalue weighted by molar-refractivity contribution is 5.50. The van der Waals surface area contributed by atoms with E-state index < -0.39 is 0 Å². The van der Waals surface area contributed by atoms with Gasteiger partial charge in [0.25, 0.3) is 0 Å². The minimum Gasteiger partial charge on any atom is -0.493 e. The van der Waals surface area contributed by atoms with Gasteiger partial charge in [-0.3, -0.25) is 0 Å². The Bertz CT molecular complexity index is 292. The predicted molar refractivity (Wildman–Crippen MR) is 53.6 cm³/mol. The third-order valence-electron chi connectivity index (χ3n) is 2.35. The summed E-state index contributed by atoms with van der Waals surface area (Å²) >= 11 is 0. The molecule has 0 saturated carbocycles. The molecular weight excluding hydrogens is 178 g/mol. The standard InChI is InChI=1S/C11H13NO2/c1-13-10-5-8-3-4-12-7-9(8)6-11(10)14-2/h5-6,12H,3-4H2,1-2H3. The highest BCUT2D eigenvalue weighted by Gasteiger charge is 2.14. The molecule has 1 N–H and O–H groups in total. The summed E-state index contributed by atoms with van der Waals surface area (Å²) < 4.78 is 10.4. The molecule has 0 unspecified atom stereocenters. The van der Waals surface area contributed by atoms with Crippen LogP contribution in [0.3, 0.4) is 0 Å². The first kappa shape index (κ1) is 9.34. The Morgan fingerprint density at radius 1 is 1.21 bits per heavy atom. The van der Waals surface area contributed by atoms with E-state index in [9.17, 15) is 0 Å². The Morgan fingerprint density at radius 3 is 2.64 bits per heavy atom. The molecule has 0 bridgehead atoms. The first-order valence-corrected chi connectivity index (χ1v) is 4.59. The Morgan fingerprint density at radius 2 is 1.93 bits per heavy atom. The summed E-state index contributed by atoms with van der Waals surface area (Å²) in [7, 11) is 3.29. The van der Waals surface area contributed by atoms with Crippen LogP contribution in [0.4, 0.5) is 0 Å². The second kappa shape index (κ2) is 3.88. The van der Waals surface area contributed by atoms with E-state index in [1.165, 1.54) is 5.56 Å². The smallest absolute Gasteiger partial charge is 0.161 e. The van der Waals surface area contributed by atoms with Crippen molar-refractivity contribution in [3.63, 3.8) is 0 Å². The van der Waals surface area contributed by atoms with Gasteiger partial charge in [-0.05, 0) is 29.7 Å². The molecule has 2 rings (SSSR count). The molecule has 0 saturated heterocycles. The van der Waals surface area contributed by atoms with E-state index in [-0.39, 0.29) is 0 Å². The Balaban J connectivity index is 2.43. The molecule has 3 heteroatoms. The highest BCUT2D eigenvalue weighted by Crippen LogP contribution is 2.32. The highest BCUT2D eigenvalue weighted by atomic mass is 16.5. The number of fused-ring (bicyclic) bond motifs is 1. The van der Waals surface area contributed by atoms with E-state index in [0.29, 0.717) is 0 Å². The molecule has 0 fully saturated rings. The first-order valence-electron chi connectivity index (χ1n) is 4.59. The van der Waals surface area contributed by atoms with Gasteiger partial charge in [0.15, 0.2) is 11.5 Å². The van der Waals surface area contributed by atoms with Gasteiger partial charge in [-0.15, -0.1) is 0 Å². The van der Waals surface area contributed by atoms with Crippen molar-refractivity contribution in [2.75, 3.05) is 20.8 Å². The maximum Gasteiger partial charge on any atom is 0.161 e. The molecular formula is C11H13NO2. The molecule has 0 aliphatic carbocycles. The van der Waals surface area contributed by atoms with Crippen molar-refractivity contribution in [2.24, 2.45) is 0 Å². The lowest BCUT2D eigenvalue weighted by molar-refractivity contribution is 0.354. The van der Waals surface area contributed by atoms with E-state index in [0.717, 1.165) is 30.0 Å². The average molecular weight is 191 g/mol. The summed E-state index contributed by atoms with van der Waals surface area (Å²) in [4.78, 5) is 0. The van der Waals surface area contributed by atoms with Gasteiger partial charge >= 0.3 is 0 Å². The summed E-state index contributed by atoms with van der Waals surface area (Å²) in [6.07, 6.45) is 1.00. The molecule has 2 radical (unpaired) electrons. The van der Waals surface area contributed by atoms with Crippen LogP contribution in [0.15, 0.2) is 12.1 Å². The van der Waals surface area contributed by atoms with Gasteiger partial charge in [0, 0.05) is 6.54 Å². The maximum atomic E-state index is 5.23. The SMILES string of the molecule is COc1cc2c(cc1OC)CCN[C]2. The number of ether oxygens (including phenoxy) is 2. The van der Waals surface area contributed by atoms with Gasteiger partial charge in [0.1, 0.15) is 0 Å². The van der Waals surface area contributed by atoms with Crippen molar-refractivity contribution in [3.05, 3.63) is 29.8 Å². The maximum absolute atomic E-state index is 5.23. The van der Waals surface area contributed by atoms with E-state index >= 15 is 0 Å². The molecule has 0 spiro atoms. The van der Waals surface area contributed by atoms with Crippen molar-refractivity contribution >= 4 is 0 Å². The zero-order valence-corrected chi connectivity index (χ0v) is 8.39. The average Bonchev–Trinajstić information content (AvgIpc) is 2.27. The number of rotatable bonds is 2. The number of hydrogen-bond donors (Lipinski definition) is 1. The molecule has 1 heterocycles.